The van der Waals surface area contributed by atoms with E-state index in [1.165, 1.54) is 0 Å². The minimum absolute atomic E-state index is 0.155. The third kappa shape index (κ3) is 9.08. The van der Waals surface area contributed by atoms with Gasteiger partial charge in [0.05, 0.1) is 0 Å². The van der Waals surface area contributed by atoms with E-state index in [9.17, 15) is 35.9 Å². The van der Waals surface area contributed by atoms with Crippen LogP contribution in [0.4, 0.5) is 26.3 Å². The summed E-state index contributed by atoms with van der Waals surface area (Å²) >= 11 is 0. The standard InChI is InChI=1S/C27H26F6O6/c1-17(26(28,29)30)23(34)38-15-13-36-21-9-5-19(6-10-21)25(3,4)20-7-11-22(12-8-20)37-14-16-39-24(35)18(2)27(31,32)33/h5-12H,1-2,13-16H2,3-4H3. The first-order valence-corrected chi connectivity index (χ1v) is 11.4. The predicted molar refractivity (Wildman–Crippen MR) is 128 cm³/mol. The van der Waals surface area contributed by atoms with Crippen LogP contribution < -0.4 is 9.47 Å². The molecule has 0 spiro atoms. The first-order chi connectivity index (χ1) is 18.0. The molecule has 0 aliphatic rings. The van der Waals surface area contributed by atoms with Crippen molar-refractivity contribution in [1.82, 2.24) is 0 Å². The summed E-state index contributed by atoms with van der Waals surface area (Å²) in [4.78, 5) is 22.6. The van der Waals surface area contributed by atoms with Gasteiger partial charge in [-0.1, -0.05) is 51.3 Å². The first-order valence-electron chi connectivity index (χ1n) is 11.4. The van der Waals surface area contributed by atoms with Gasteiger partial charge < -0.3 is 18.9 Å². The average Bonchev–Trinajstić information content (AvgIpc) is 2.87. The Labute approximate surface area is 220 Å². The van der Waals surface area contributed by atoms with Crippen molar-refractivity contribution in [2.45, 2.75) is 31.6 Å². The first kappa shape index (κ1) is 31.3. The minimum atomic E-state index is -4.86. The van der Waals surface area contributed by atoms with Crippen molar-refractivity contribution in [3.63, 3.8) is 0 Å². The van der Waals surface area contributed by atoms with E-state index in [1.54, 1.807) is 48.5 Å². The van der Waals surface area contributed by atoms with E-state index in [1.807, 2.05) is 13.8 Å². The Hall–Kier alpha value is -3.96. The highest BCUT2D eigenvalue weighted by atomic mass is 19.4. The Morgan fingerprint density at radius 3 is 1.21 bits per heavy atom. The number of hydrogen-bond donors (Lipinski definition) is 0. The third-order valence-corrected chi connectivity index (χ3v) is 5.50. The number of hydrogen-bond acceptors (Lipinski definition) is 6. The molecule has 39 heavy (non-hydrogen) atoms. The van der Waals surface area contributed by atoms with E-state index >= 15 is 0 Å². The summed E-state index contributed by atoms with van der Waals surface area (Å²) in [7, 11) is 0. The molecule has 12 heteroatoms. The number of ether oxygens (including phenoxy) is 4. The molecule has 0 heterocycles. The van der Waals surface area contributed by atoms with Gasteiger partial charge in [-0.25, -0.2) is 9.59 Å². The Morgan fingerprint density at radius 2 is 0.923 bits per heavy atom. The van der Waals surface area contributed by atoms with E-state index in [-0.39, 0.29) is 26.4 Å². The van der Waals surface area contributed by atoms with Gasteiger partial charge in [0.15, 0.2) is 0 Å². The highest BCUT2D eigenvalue weighted by Gasteiger charge is 2.38. The molecular weight excluding hydrogens is 534 g/mol. The van der Waals surface area contributed by atoms with Gasteiger partial charge in [0, 0.05) is 5.41 Å². The molecule has 0 aliphatic heterocycles. The number of alkyl halides is 6. The van der Waals surface area contributed by atoms with Crippen molar-refractivity contribution in [3.05, 3.63) is 84.0 Å². The largest absolute Gasteiger partial charge is 0.490 e. The summed E-state index contributed by atoms with van der Waals surface area (Å²) in [5.74, 6) is -2.28. The van der Waals surface area contributed by atoms with E-state index < -0.39 is 40.9 Å². The molecule has 0 fully saturated rings. The van der Waals surface area contributed by atoms with E-state index in [0.29, 0.717) is 11.5 Å². The Morgan fingerprint density at radius 1 is 0.615 bits per heavy atom. The second kappa shape index (κ2) is 12.7. The van der Waals surface area contributed by atoms with Crippen molar-refractivity contribution in [3.8, 4) is 11.5 Å². The fourth-order valence-electron chi connectivity index (χ4n) is 3.10. The van der Waals surface area contributed by atoms with Crippen LogP contribution in [0, 0.1) is 0 Å². The van der Waals surface area contributed by atoms with Crippen LogP contribution in [-0.2, 0) is 24.5 Å². The second-order valence-corrected chi connectivity index (χ2v) is 8.60. The lowest BCUT2D eigenvalue weighted by atomic mass is 9.78. The van der Waals surface area contributed by atoms with Crippen molar-refractivity contribution in [2.75, 3.05) is 26.4 Å². The van der Waals surface area contributed by atoms with Crippen LogP contribution in [0.15, 0.2) is 72.8 Å². The summed E-state index contributed by atoms with van der Waals surface area (Å²) < 4.78 is 94.2. The van der Waals surface area contributed by atoms with Crippen LogP contribution in [0.25, 0.3) is 0 Å². The second-order valence-electron chi connectivity index (χ2n) is 8.60. The molecule has 6 nitrogen and oxygen atoms in total. The predicted octanol–water partition coefficient (Wildman–Crippen LogP) is 6.09. The number of carbonyl (C=O) groups is 2. The number of carbonyl (C=O) groups excluding carboxylic acids is 2. The third-order valence-electron chi connectivity index (χ3n) is 5.50. The maximum absolute atomic E-state index is 12.4. The SMILES string of the molecule is C=C(C(=O)OCCOc1ccc(C(C)(C)c2ccc(OCCOC(=O)C(=C)C(F)(F)F)cc2)cc1)C(F)(F)F. The molecule has 0 aromatic heterocycles. The zero-order chi connectivity index (χ0) is 29.4. The molecule has 0 radical (unpaired) electrons. The minimum Gasteiger partial charge on any atom is -0.490 e. The smallest absolute Gasteiger partial charge is 0.422 e. The molecule has 0 unspecified atom stereocenters. The van der Waals surface area contributed by atoms with E-state index in [2.05, 4.69) is 22.6 Å². The number of halogens is 6. The summed E-state index contributed by atoms with van der Waals surface area (Å²) in [6, 6.07) is 13.9. The quantitative estimate of drug-likeness (QED) is 0.135. The van der Waals surface area contributed by atoms with Crippen molar-refractivity contribution in [2.24, 2.45) is 0 Å². The zero-order valence-corrected chi connectivity index (χ0v) is 21.1. The Balaban J connectivity index is 1.84. The highest BCUT2D eigenvalue weighted by molar-refractivity contribution is 5.89. The summed E-state index contributed by atoms with van der Waals surface area (Å²) in [5, 5.41) is 0. The molecule has 0 saturated carbocycles. The zero-order valence-electron chi connectivity index (χ0n) is 21.1. The Bertz CT molecular complexity index is 1070. The van der Waals surface area contributed by atoms with Crippen molar-refractivity contribution >= 4 is 11.9 Å². The van der Waals surface area contributed by atoms with Crippen LogP contribution in [0.1, 0.15) is 25.0 Å². The van der Waals surface area contributed by atoms with Gasteiger partial charge in [-0.15, -0.1) is 0 Å². The monoisotopic (exact) mass is 560 g/mol. The lowest BCUT2D eigenvalue weighted by Gasteiger charge is -2.26. The normalized spacial score (nSPS) is 11.9. The van der Waals surface area contributed by atoms with Crippen LogP contribution in [0.5, 0.6) is 11.5 Å². The van der Waals surface area contributed by atoms with Gasteiger partial charge in [0.1, 0.15) is 49.1 Å². The molecule has 0 N–H and O–H groups in total. The van der Waals surface area contributed by atoms with Crippen molar-refractivity contribution in [1.29, 1.82) is 0 Å². The molecule has 212 valence electrons. The van der Waals surface area contributed by atoms with E-state index in [4.69, 9.17) is 9.47 Å². The van der Waals surface area contributed by atoms with Gasteiger partial charge in [0.25, 0.3) is 0 Å². The number of esters is 2. The van der Waals surface area contributed by atoms with Crippen LogP contribution in [0.3, 0.4) is 0 Å². The van der Waals surface area contributed by atoms with Crippen molar-refractivity contribution < 1.29 is 54.9 Å². The average molecular weight is 560 g/mol. The molecule has 0 saturated heterocycles. The van der Waals surface area contributed by atoms with Gasteiger partial charge in [-0.3, -0.25) is 0 Å². The van der Waals surface area contributed by atoms with Gasteiger partial charge in [-0.2, -0.15) is 26.3 Å². The molecule has 0 amide bonds. The van der Waals surface area contributed by atoms with Gasteiger partial charge >= 0.3 is 24.3 Å². The molecular formula is C27H26F6O6. The van der Waals surface area contributed by atoms with Crippen LogP contribution in [-0.4, -0.2) is 50.7 Å². The lowest BCUT2D eigenvalue weighted by Crippen LogP contribution is -2.22. The molecule has 2 aromatic carbocycles. The van der Waals surface area contributed by atoms with Gasteiger partial charge in [0.2, 0.25) is 0 Å². The molecule has 0 aliphatic carbocycles. The molecule has 0 bridgehead atoms. The maximum Gasteiger partial charge on any atom is 0.422 e. The molecule has 0 atom stereocenters. The highest BCUT2D eigenvalue weighted by Crippen LogP contribution is 2.33. The van der Waals surface area contributed by atoms with E-state index in [0.717, 1.165) is 11.1 Å². The lowest BCUT2D eigenvalue weighted by molar-refractivity contribution is -0.152. The van der Waals surface area contributed by atoms with Gasteiger partial charge in [-0.05, 0) is 35.4 Å². The fraction of sp³-hybridized carbons (Fsp3) is 0.333. The topological polar surface area (TPSA) is 71.1 Å². The summed E-state index contributed by atoms with van der Waals surface area (Å²) in [6.45, 7) is 8.18. The fourth-order valence-corrected chi connectivity index (χ4v) is 3.10. The maximum atomic E-state index is 12.4. The van der Waals surface area contributed by atoms with Crippen LogP contribution >= 0.6 is 0 Å². The number of benzene rings is 2. The molecule has 2 rings (SSSR count). The summed E-state index contributed by atoms with van der Waals surface area (Å²) in [5.41, 5.74) is -1.82. The summed E-state index contributed by atoms with van der Waals surface area (Å²) in [6.07, 6.45) is -9.72. The molecule has 2 aromatic rings. The number of rotatable bonds is 12. The van der Waals surface area contributed by atoms with Crippen LogP contribution in [0.2, 0.25) is 0 Å². The Kier molecular flexibility index (Phi) is 10.2.